The van der Waals surface area contributed by atoms with Gasteiger partial charge in [0.1, 0.15) is 42.1 Å². The van der Waals surface area contributed by atoms with Crippen molar-refractivity contribution in [2.45, 2.75) is 116 Å². The highest BCUT2D eigenvalue weighted by molar-refractivity contribution is 7.86. The summed E-state index contributed by atoms with van der Waals surface area (Å²) in [4.78, 5) is 92.2. The molecule has 12 N–H and O–H groups in total. The largest absolute Gasteiger partial charge is 0.748 e. The van der Waals surface area contributed by atoms with Gasteiger partial charge in [-0.25, -0.2) is 31.7 Å². The molecule has 1 fully saturated rings. The fraction of sp³-hybridized carbons (Fsp3) is 0.474. The first-order valence-corrected chi connectivity index (χ1v) is 37.6. The number of likely N-dealkylation sites (N-methyl/N-ethyl adjacent to an activating group) is 2. The summed E-state index contributed by atoms with van der Waals surface area (Å²) in [6.07, 6.45) is -0.876. The second kappa shape index (κ2) is 27.7. The third kappa shape index (κ3) is 16.7. The van der Waals surface area contributed by atoms with E-state index in [1.807, 2.05) is 47.6 Å². The average Bonchev–Trinajstić information content (AvgIpc) is 1.67. The zero-order valence-electron chi connectivity index (χ0n) is 52.6. The van der Waals surface area contributed by atoms with Crippen LogP contribution in [-0.2, 0) is 56.6 Å². The van der Waals surface area contributed by atoms with Gasteiger partial charge in [-0.2, -0.15) is 22.0 Å². The molecule has 33 nitrogen and oxygen atoms in total. The molecule has 6 atom stereocenters. The minimum atomic E-state index is -5.88. The second-order valence-electron chi connectivity index (χ2n) is 24.2. The van der Waals surface area contributed by atoms with Crippen LogP contribution in [0, 0.1) is 0 Å². The number of nitrogens with two attached hydrogens (primary N) is 1. The summed E-state index contributed by atoms with van der Waals surface area (Å²) in [5, 5.41) is 28.9. The third-order valence-electron chi connectivity index (χ3n) is 16.3. The van der Waals surface area contributed by atoms with E-state index >= 15 is 0 Å². The number of unbranched alkanes of at least 4 members (excludes halogenated alkanes) is 3. The van der Waals surface area contributed by atoms with Crippen molar-refractivity contribution >= 4 is 101 Å². The van der Waals surface area contributed by atoms with E-state index in [9.17, 15) is 74.0 Å². The Morgan fingerprint density at radius 2 is 1.54 bits per heavy atom. The lowest BCUT2D eigenvalue weighted by Crippen LogP contribution is -2.50. The fourth-order valence-electron chi connectivity index (χ4n) is 12.5. The van der Waals surface area contributed by atoms with E-state index in [0.717, 1.165) is 4.57 Å². The van der Waals surface area contributed by atoms with Crippen LogP contribution in [0.15, 0.2) is 65.5 Å². The van der Waals surface area contributed by atoms with Gasteiger partial charge in [-0.3, -0.25) is 33.0 Å². The maximum Gasteiger partial charge on any atom is 0.490 e. The van der Waals surface area contributed by atoms with Gasteiger partial charge < -0.3 is 70.0 Å². The molecule has 1 saturated heterocycles. The first kappa shape index (κ1) is 72.7. The van der Waals surface area contributed by atoms with E-state index in [4.69, 9.17) is 25.0 Å². The molecule has 0 aliphatic carbocycles. The summed E-state index contributed by atoms with van der Waals surface area (Å²) in [5.74, 6) is -1.89. The van der Waals surface area contributed by atoms with Crippen molar-refractivity contribution in [2.75, 3.05) is 73.8 Å². The van der Waals surface area contributed by atoms with Gasteiger partial charge >= 0.3 is 23.5 Å². The topological polar surface area (TPSA) is 488 Å². The number of carbonyl (C=O) groups is 2. The van der Waals surface area contributed by atoms with E-state index in [1.165, 1.54) is 4.90 Å². The molecule has 2 amide bonds. The first-order chi connectivity index (χ1) is 44.2. The minimum absolute atomic E-state index is 0.0652. The van der Waals surface area contributed by atoms with Crippen molar-refractivity contribution in [2.24, 2.45) is 0 Å². The van der Waals surface area contributed by atoms with E-state index in [1.54, 1.807) is 61.7 Å². The summed E-state index contributed by atoms with van der Waals surface area (Å²) in [6, 6.07) is 14.0. The Morgan fingerprint density at radius 1 is 0.853 bits per heavy atom. The summed E-state index contributed by atoms with van der Waals surface area (Å²) < 4.78 is 136. The predicted molar refractivity (Wildman–Crippen MR) is 345 cm³/mol. The summed E-state index contributed by atoms with van der Waals surface area (Å²) in [5.41, 5.74) is 6.89. The molecule has 2 unspecified atom stereocenters. The van der Waals surface area contributed by atoms with E-state index in [-0.39, 0.29) is 66.0 Å². The number of anilines is 3. The fourth-order valence-corrected chi connectivity index (χ4v) is 16.8. The van der Waals surface area contributed by atoms with E-state index in [2.05, 4.69) is 48.2 Å². The Morgan fingerprint density at radius 3 is 2.20 bits per heavy atom. The molecule has 0 saturated carbocycles. The molecule has 0 spiro atoms. The summed E-state index contributed by atoms with van der Waals surface area (Å²) in [6.45, 7) is 12.1. The van der Waals surface area contributed by atoms with Crippen LogP contribution in [0.5, 0.6) is 11.5 Å². The lowest BCUT2D eigenvalue weighted by molar-refractivity contribution is -0.121. The number of H-pyrrole nitrogens is 1. The number of phosphoric acid groups is 3. The van der Waals surface area contributed by atoms with Gasteiger partial charge in [0.25, 0.3) is 21.6 Å². The molecule has 4 aliphatic rings. The van der Waals surface area contributed by atoms with Crippen molar-refractivity contribution in [1.29, 1.82) is 0 Å². The molecule has 6 heterocycles. The lowest BCUT2D eigenvalue weighted by atomic mass is 9.83. The number of ether oxygens (including phenoxy) is 2. The number of hydrogen-bond acceptors (Lipinski definition) is 23. The minimum Gasteiger partial charge on any atom is -0.748 e. The average molecular weight is 1430 g/mol. The molecular formula is C57H75N10O23P3S2. The molecule has 3 aromatic carbocycles. The van der Waals surface area contributed by atoms with Crippen LogP contribution in [0.2, 0.25) is 0 Å². The Kier molecular flexibility index (Phi) is 21.2. The SMILES string of the molecule is CCN1c2cc3c(cc2C(CS(=O)(=O)[O-])=CC1(C)C)C(c1ccccc1C(=O)N(C)CCCC(=O)NCCCCCCNc1nc2c(=O)[nH]c(N)nc2n1[C@@H]1O[C@H](COP(=O)(O)OP(=O)(O)OP(=O)(O)O)[C@@H](O)[C@H]1O)=c1cc2c(cc1O3)=[N+](CC)C(C)(C)C=C2CS(=O)(=O)O. The quantitative estimate of drug-likeness (QED) is 0.0146. The van der Waals surface area contributed by atoms with Crippen molar-refractivity contribution in [3.63, 3.8) is 0 Å². The number of aromatic nitrogens is 4. The van der Waals surface area contributed by atoms with Gasteiger partial charge in [0.05, 0.1) is 39.6 Å². The second-order valence-corrected chi connectivity index (χ2v) is 31.5. The van der Waals surface area contributed by atoms with Crippen LogP contribution >= 0.6 is 23.5 Å². The van der Waals surface area contributed by atoms with E-state index < -0.39 is 109 Å². The van der Waals surface area contributed by atoms with Crippen molar-refractivity contribution < 1.29 is 102 Å². The molecular weight excluding hydrogens is 1350 g/mol. The van der Waals surface area contributed by atoms with Gasteiger partial charge in [0.2, 0.25) is 23.2 Å². The van der Waals surface area contributed by atoms with Crippen LogP contribution < -0.4 is 46.7 Å². The van der Waals surface area contributed by atoms with Gasteiger partial charge in [0, 0.05) is 92.7 Å². The highest BCUT2D eigenvalue weighted by Gasteiger charge is 2.48. The van der Waals surface area contributed by atoms with Crippen LogP contribution in [-0.4, -0.2) is 179 Å². The van der Waals surface area contributed by atoms with Crippen molar-refractivity contribution in [1.82, 2.24) is 34.3 Å². The molecule has 0 bridgehead atoms. The Bertz CT molecular complexity index is 4540. The van der Waals surface area contributed by atoms with Gasteiger partial charge in [-0.1, -0.05) is 37.1 Å². The number of rotatable bonds is 28. The number of carbonyl (C=O) groups excluding carboxylic acids is 2. The van der Waals surface area contributed by atoms with Crippen LogP contribution in [0.4, 0.5) is 17.6 Å². The summed E-state index contributed by atoms with van der Waals surface area (Å²) in [7, 11) is -25.0. The zero-order chi connectivity index (χ0) is 69.7. The maximum absolute atomic E-state index is 14.8. The molecule has 95 heavy (non-hydrogen) atoms. The zero-order valence-corrected chi connectivity index (χ0v) is 56.9. The summed E-state index contributed by atoms with van der Waals surface area (Å²) >= 11 is 0. The molecule has 518 valence electrons. The van der Waals surface area contributed by atoms with Gasteiger partial charge in [-0.05, 0) is 87.9 Å². The molecule has 5 aromatic rings. The van der Waals surface area contributed by atoms with Crippen LogP contribution in [0.3, 0.4) is 0 Å². The Labute approximate surface area is 544 Å². The van der Waals surface area contributed by atoms with Crippen molar-refractivity contribution in [3.8, 4) is 11.5 Å². The number of hydrogen-bond donors (Lipinski definition) is 11. The molecule has 9 rings (SSSR count). The van der Waals surface area contributed by atoms with Gasteiger partial charge in [0.15, 0.2) is 22.9 Å². The van der Waals surface area contributed by atoms with Gasteiger partial charge in [-0.15, -0.1) is 0 Å². The highest BCUT2D eigenvalue weighted by atomic mass is 32.2. The number of fused-ring (bicyclic) bond motifs is 5. The third-order valence-corrected chi connectivity index (χ3v) is 21.5. The number of aliphatic hydroxyl groups is 2. The maximum atomic E-state index is 14.8. The smallest absolute Gasteiger partial charge is 0.490 e. The van der Waals surface area contributed by atoms with Crippen molar-refractivity contribution in [3.05, 3.63) is 109 Å². The number of aliphatic hydroxyl groups excluding tert-OH is 2. The number of nitrogen functional groups attached to an aromatic ring is 1. The molecule has 38 heteroatoms. The Balaban J connectivity index is 0.856. The van der Waals surface area contributed by atoms with E-state index in [0.29, 0.717) is 106 Å². The molecule has 4 aliphatic heterocycles. The predicted octanol–water partition coefficient (Wildman–Crippen LogP) is 2.78. The highest BCUT2D eigenvalue weighted by Crippen LogP contribution is 2.66. The number of amides is 2. The lowest BCUT2D eigenvalue weighted by Gasteiger charge is -2.44. The number of imidazole rings is 1. The van der Waals surface area contributed by atoms with Crippen LogP contribution in [0.25, 0.3) is 27.9 Å². The van der Waals surface area contributed by atoms with Crippen LogP contribution in [0.1, 0.15) is 119 Å². The standard InChI is InChI=1S/C57H75N10O23P3S2/c1-8-65-40-25-42-38(23-36(40)32(27-56(65,3)4)30-94(80,81)82)46(39-24-37-33(31-95(83,84)85)28-57(5,6)66(9-2)41(37)26-43(39)87-42)34-17-12-13-18-35(34)52(72)64(7)22-16-19-45(68)59-20-14-10-11-15-21-60-55-61-47-50(62-54(58)63-51(47)71)67(55)53-49(70)48(69)44(88-53)29-86-92(76,77)90-93(78,79)89-91(73,74)75/h12-13,17-18,23-28,44,48-49,53,69-70H,8-11,14-16,19-22,29-31H2,1-7H3,(H10,58,59,63,68,71,72,73,74,75,76,77,78,79,80,81,82,83,84,85)/t44-,48-,49-,53-/m1/s1. The number of phosphoric ester groups is 1. The number of nitrogens with zero attached hydrogens (tertiary/aromatic N) is 6. The monoisotopic (exact) mass is 1420 g/mol. The molecule has 0 radical (unpaired) electrons. The number of benzene rings is 3. The Hall–Kier alpha value is -6.59. The number of nitrogens with one attached hydrogen (secondary N) is 3. The first-order valence-electron chi connectivity index (χ1n) is 29.9. The molecule has 2 aromatic heterocycles. The number of aromatic amines is 1. The normalized spacial score (nSPS) is 20.3.